The lowest BCUT2D eigenvalue weighted by molar-refractivity contribution is -0.139. The molecule has 3 fully saturated rings. The lowest BCUT2D eigenvalue weighted by Gasteiger charge is -2.38. The molecule has 3 aliphatic rings. The van der Waals surface area contributed by atoms with Gasteiger partial charge in [0.15, 0.2) is 0 Å². The van der Waals surface area contributed by atoms with Crippen LogP contribution >= 0.6 is 0 Å². The molecule has 5 rings (SSSR count). The Kier molecular flexibility index (Phi) is 8.80. The monoisotopic (exact) mass is 539 g/mol. The molecule has 0 bridgehead atoms. The van der Waals surface area contributed by atoms with Crippen molar-refractivity contribution in [3.8, 4) is 5.75 Å². The summed E-state index contributed by atoms with van der Waals surface area (Å²) in [5.74, 6) is 0.664. The average molecular weight is 540 g/mol. The van der Waals surface area contributed by atoms with Crippen molar-refractivity contribution in [3.05, 3.63) is 65.7 Å². The predicted octanol–water partition coefficient (Wildman–Crippen LogP) is 5.54. The van der Waals surface area contributed by atoms with Gasteiger partial charge in [-0.1, -0.05) is 55.3 Å². The third-order valence-electron chi connectivity index (χ3n) is 8.91. The van der Waals surface area contributed by atoms with Crippen LogP contribution in [0.1, 0.15) is 68.5 Å². The molecule has 2 heterocycles. The van der Waals surface area contributed by atoms with Gasteiger partial charge < -0.3 is 19.9 Å². The molecule has 1 spiro atoms. The van der Waals surface area contributed by atoms with Crippen LogP contribution in [0.3, 0.4) is 0 Å². The molecule has 0 unspecified atom stereocenters. The number of ether oxygens (including phenoxy) is 1. The van der Waals surface area contributed by atoms with Crippen LogP contribution in [0.4, 0.5) is 8.78 Å². The standard InChI is InChI=1S/C31H39F2N3O3/c32-30(33)39-26-12-10-23(11-13-26)22-36-21-17-31(29(36)38)15-19-35(20-16-31)18-14-27(24-6-2-1-3-7-24)34-28(37)25-8-4-5-9-25/h1-3,6-7,10-13,25,27,30H,4-5,8-9,14-22H2,(H,34,37)/t27-/m0/s1. The van der Waals surface area contributed by atoms with Gasteiger partial charge in [-0.2, -0.15) is 8.78 Å². The van der Waals surface area contributed by atoms with E-state index in [9.17, 15) is 18.4 Å². The second kappa shape index (κ2) is 12.5. The molecule has 2 aromatic rings. The molecule has 2 saturated heterocycles. The first kappa shape index (κ1) is 27.6. The first-order valence-electron chi connectivity index (χ1n) is 14.3. The molecule has 2 amide bonds. The van der Waals surface area contributed by atoms with E-state index in [0.29, 0.717) is 6.54 Å². The van der Waals surface area contributed by atoms with Crippen molar-refractivity contribution in [1.82, 2.24) is 15.1 Å². The van der Waals surface area contributed by atoms with Crippen LogP contribution in [-0.4, -0.2) is 54.4 Å². The number of nitrogens with zero attached hydrogens (tertiary/aromatic N) is 2. The maximum absolute atomic E-state index is 13.4. The molecule has 6 nitrogen and oxygen atoms in total. The Hall–Kier alpha value is -3.00. The number of alkyl halides is 2. The third-order valence-corrected chi connectivity index (χ3v) is 8.91. The fourth-order valence-corrected chi connectivity index (χ4v) is 6.51. The van der Waals surface area contributed by atoms with Crippen LogP contribution in [0.25, 0.3) is 0 Å². The number of hydrogen-bond acceptors (Lipinski definition) is 4. The largest absolute Gasteiger partial charge is 0.435 e. The number of halogens is 2. The highest BCUT2D eigenvalue weighted by atomic mass is 19.3. The SMILES string of the molecule is O=C(N[C@@H](CCN1CCC2(CC1)CCN(Cc1ccc(OC(F)F)cc1)C2=O)c1ccccc1)C1CCCC1. The molecule has 210 valence electrons. The minimum atomic E-state index is -2.85. The average Bonchev–Trinajstić information content (AvgIpc) is 3.59. The fourth-order valence-electron chi connectivity index (χ4n) is 6.51. The van der Waals surface area contributed by atoms with E-state index >= 15 is 0 Å². The smallest absolute Gasteiger partial charge is 0.387 e. The molecular weight excluding hydrogens is 500 g/mol. The fraction of sp³-hybridized carbons (Fsp3) is 0.548. The summed E-state index contributed by atoms with van der Waals surface area (Å²) in [4.78, 5) is 30.7. The van der Waals surface area contributed by atoms with E-state index in [2.05, 4.69) is 27.1 Å². The van der Waals surface area contributed by atoms with E-state index < -0.39 is 6.61 Å². The molecule has 39 heavy (non-hydrogen) atoms. The molecule has 2 aliphatic heterocycles. The Morgan fingerprint density at radius 1 is 0.974 bits per heavy atom. The first-order chi connectivity index (χ1) is 18.9. The normalized spacial score (nSPS) is 20.6. The van der Waals surface area contributed by atoms with Gasteiger partial charge in [0.2, 0.25) is 11.8 Å². The summed E-state index contributed by atoms with van der Waals surface area (Å²) in [6, 6.07) is 16.8. The molecule has 0 aromatic heterocycles. The third kappa shape index (κ3) is 6.78. The summed E-state index contributed by atoms with van der Waals surface area (Å²) in [6.45, 7) is 0.984. The zero-order chi connectivity index (χ0) is 27.2. The zero-order valence-corrected chi connectivity index (χ0v) is 22.5. The maximum atomic E-state index is 13.4. The van der Waals surface area contributed by atoms with E-state index in [1.54, 1.807) is 12.1 Å². The number of carbonyl (C=O) groups is 2. The first-order valence-corrected chi connectivity index (χ1v) is 14.3. The quantitative estimate of drug-likeness (QED) is 0.431. The Morgan fingerprint density at radius 2 is 1.64 bits per heavy atom. The minimum Gasteiger partial charge on any atom is -0.435 e. The number of benzene rings is 2. The molecule has 1 aliphatic carbocycles. The van der Waals surface area contributed by atoms with Gasteiger partial charge in [0.1, 0.15) is 5.75 Å². The number of carbonyl (C=O) groups excluding carboxylic acids is 2. The van der Waals surface area contributed by atoms with E-state index in [1.807, 2.05) is 23.1 Å². The van der Waals surface area contributed by atoms with Crippen molar-refractivity contribution in [2.24, 2.45) is 11.3 Å². The van der Waals surface area contributed by atoms with Crippen molar-refractivity contribution < 1.29 is 23.1 Å². The van der Waals surface area contributed by atoms with Crippen LogP contribution in [0.2, 0.25) is 0 Å². The van der Waals surface area contributed by atoms with Gasteiger partial charge >= 0.3 is 6.61 Å². The lowest BCUT2D eigenvalue weighted by atomic mass is 9.77. The van der Waals surface area contributed by atoms with E-state index in [4.69, 9.17) is 0 Å². The molecular formula is C31H39F2N3O3. The van der Waals surface area contributed by atoms with E-state index in [-0.39, 0.29) is 34.9 Å². The number of nitrogens with one attached hydrogen (secondary N) is 1. The van der Waals surface area contributed by atoms with Gasteiger partial charge in [0.05, 0.1) is 11.5 Å². The number of rotatable bonds is 10. The summed E-state index contributed by atoms with van der Waals surface area (Å²) in [5, 5.41) is 3.34. The van der Waals surface area contributed by atoms with Gasteiger partial charge in [0.25, 0.3) is 0 Å². The van der Waals surface area contributed by atoms with Crippen LogP contribution in [0.5, 0.6) is 5.75 Å². The van der Waals surface area contributed by atoms with Crippen molar-refractivity contribution in [2.45, 2.75) is 70.6 Å². The predicted molar refractivity (Wildman–Crippen MR) is 145 cm³/mol. The molecule has 8 heteroatoms. The van der Waals surface area contributed by atoms with Crippen molar-refractivity contribution in [1.29, 1.82) is 0 Å². The zero-order valence-electron chi connectivity index (χ0n) is 22.5. The summed E-state index contributed by atoms with van der Waals surface area (Å²) in [5.41, 5.74) is 1.75. The number of amides is 2. The van der Waals surface area contributed by atoms with E-state index in [1.165, 1.54) is 12.1 Å². The van der Waals surface area contributed by atoms with Gasteiger partial charge in [-0.15, -0.1) is 0 Å². The summed E-state index contributed by atoms with van der Waals surface area (Å²) >= 11 is 0. The molecule has 1 saturated carbocycles. The number of piperidine rings is 1. The second-order valence-electron chi connectivity index (χ2n) is 11.4. The van der Waals surface area contributed by atoms with Gasteiger partial charge in [-0.25, -0.2) is 0 Å². The van der Waals surface area contributed by atoms with Crippen LogP contribution < -0.4 is 10.1 Å². The number of likely N-dealkylation sites (tertiary alicyclic amines) is 2. The van der Waals surface area contributed by atoms with Crippen molar-refractivity contribution >= 4 is 11.8 Å². The van der Waals surface area contributed by atoms with Crippen molar-refractivity contribution in [2.75, 3.05) is 26.2 Å². The Labute approximate surface area is 229 Å². The van der Waals surface area contributed by atoms with Crippen LogP contribution in [0, 0.1) is 11.3 Å². The van der Waals surface area contributed by atoms with Gasteiger partial charge in [-0.3, -0.25) is 9.59 Å². The van der Waals surface area contributed by atoms with E-state index in [0.717, 1.165) is 88.7 Å². The van der Waals surface area contributed by atoms with Crippen LogP contribution in [0.15, 0.2) is 54.6 Å². The minimum absolute atomic E-state index is 0.00345. The molecule has 0 radical (unpaired) electrons. The highest BCUT2D eigenvalue weighted by Gasteiger charge is 2.47. The van der Waals surface area contributed by atoms with Crippen LogP contribution in [-0.2, 0) is 16.1 Å². The Bertz CT molecular complexity index is 1100. The summed E-state index contributed by atoms with van der Waals surface area (Å²) in [7, 11) is 0. The Morgan fingerprint density at radius 3 is 2.31 bits per heavy atom. The molecule has 1 atom stereocenters. The second-order valence-corrected chi connectivity index (χ2v) is 11.4. The maximum Gasteiger partial charge on any atom is 0.387 e. The number of hydrogen-bond donors (Lipinski definition) is 1. The lowest BCUT2D eigenvalue weighted by Crippen LogP contribution is -2.45. The Balaban J connectivity index is 1.12. The molecule has 1 N–H and O–H groups in total. The highest BCUT2D eigenvalue weighted by molar-refractivity contribution is 5.85. The molecule has 2 aromatic carbocycles. The summed E-state index contributed by atoms with van der Waals surface area (Å²) in [6.07, 6.45) is 7.65. The topological polar surface area (TPSA) is 61.9 Å². The van der Waals surface area contributed by atoms with Gasteiger partial charge in [-0.05, 0) is 74.9 Å². The summed E-state index contributed by atoms with van der Waals surface area (Å²) < 4.78 is 29.2. The van der Waals surface area contributed by atoms with Crippen molar-refractivity contribution in [3.63, 3.8) is 0 Å². The van der Waals surface area contributed by atoms with Gasteiger partial charge in [0, 0.05) is 25.6 Å². The highest BCUT2D eigenvalue weighted by Crippen LogP contribution is 2.42.